The van der Waals surface area contributed by atoms with E-state index in [2.05, 4.69) is 26.1 Å². The lowest BCUT2D eigenvalue weighted by molar-refractivity contribution is -0.151. The van der Waals surface area contributed by atoms with Crippen LogP contribution in [0.5, 0.6) is 0 Å². The van der Waals surface area contributed by atoms with E-state index in [-0.39, 0.29) is 11.3 Å². The second-order valence-electron chi connectivity index (χ2n) is 7.54. The van der Waals surface area contributed by atoms with Gasteiger partial charge in [0, 0.05) is 5.56 Å². The standard InChI is InChI=1S/C19H27N3O5/c1-11(2)15(17(25)27-10-14(23)21-18(20)26)22-16(24)12-6-8-13(9-7-12)19(3,4)5/h6-9,11,15H,10H2,1-5H3,(H,22,24)(H3,20,21,23,26)/t15-/m0/s1. The zero-order chi connectivity index (χ0) is 20.8. The summed E-state index contributed by atoms with van der Waals surface area (Å²) in [6.45, 7) is 9.02. The highest BCUT2D eigenvalue weighted by Gasteiger charge is 2.27. The highest BCUT2D eigenvalue weighted by atomic mass is 16.5. The molecule has 148 valence electrons. The number of rotatable bonds is 6. The van der Waals surface area contributed by atoms with Crippen LogP contribution in [0, 0.1) is 5.92 Å². The van der Waals surface area contributed by atoms with Crippen molar-refractivity contribution in [2.24, 2.45) is 11.7 Å². The number of hydrogen-bond acceptors (Lipinski definition) is 5. The molecule has 4 amide bonds. The number of imide groups is 1. The van der Waals surface area contributed by atoms with Gasteiger partial charge in [-0.3, -0.25) is 14.9 Å². The van der Waals surface area contributed by atoms with E-state index < -0.39 is 36.5 Å². The number of primary amides is 1. The Labute approximate surface area is 158 Å². The van der Waals surface area contributed by atoms with Gasteiger partial charge < -0.3 is 15.8 Å². The van der Waals surface area contributed by atoms with Crippen LogP contribution in [0.3, 0.4) is 0 Å². The van der Waals surface area contributed by atoms with Gasteiger partial charge in [0.1, 0.15) is 6.04 Å². The normalized spacial score (nSPS) is 12.2. The SMILES string of the molecule is CC(C)[C@H](NC(=O)c1ccc(C(C)(C)C)cc1)C(=O)OCC(=O)NC(N)=O. The number of urea groups is 1. The quantitative estimate of drug-likeness (QED) is 0.647. The molecule has 1 rings (SSSR count). The molecule has 0 bridgehead atoms. The molecule has 8 nitrogen and oxygen atoms in total. The molecular weight excluding hydrogens is 350 g/mol. The summed E-state index contributed by atoms with van der Waals surface area (Å²) in [6.07, 6.45) is 0. The predicted octanol–water partition coefficient (Wildman–Crippen LogP) is 1.48. The van der Waals surface area contributed by atoms with Crippen molar-refractivity contribution in [2.75, 3.05) is 6.61 Å². The molecule has 0 unspecified atom stereocenters. The smallest absolute Gasteiger partial charge is 0.329 e. The molecule has 8 heteroatoms. The van der Waals surface area contributed by atoms with E-state index in [4.69, 9.17) is 10.5 Å². The maximum absolute atomic E-state index is 12.4. The Hall–Kier alpha value is -2.90. The molecule has 0 aliphatic heterocycles. The Morgan fingerprint density at radius 1 is 1.07 bits per heavy atom. The third kappa shape index (κ3) is 7.08. The molecule has 0 spiro atoms. The van der Waals surface area contributed by atoms with Crippen LogP contribution in [0.25, 0.3) is 0 Å². The summed E-state index contributed by atoms with van der Waals surface area (Å²) in [5.74, 6) is -2.31. The van der Waals surface area contributed by atoms with Crippen molar-refractivity contribution < 1.29 is 23.9 Å². The fourth-order valence-electron chi connectivity index (χ4n) is 2.24. The molecule has 0 aliphatic carbocycles. The van der Waals surface area contributed by atoms with Crippen molar-refractivity contribution >= 4 is 23.8 Å². The molecule has 4 N–H and O–H groups in total. The second-order valence-corrected chi connectivity index (χ2v) is 7.54. The van der Waals surface area contributed by atoms with E-state index in [1.807, 2.05) is 12.1 Å². The summed E-state index contributed by atoms with van der Waals surface area (Å²) in [4.78, 5) is 46.6. The first-order valence-corrected chi connectivity index (χ1v) is 8.59. The average Bonchev–Trinajstić information content (AvgIpc) is 2.55. The fraction of sp³-hybridized carbons (Fsp3) is 0.474. The third-order valence-corrected chi connectivity index (χ3v) is 3.83. The Kier molecular flexibility index (Phi) is 7.51. The highest BCUT2D eigenvalue weighted by Crippen LogP contribution is 2.22. The minimum absolute atomic E-state index is 0.0369. The van der Waals surface area contributed by atoms with E-state index in [1.165, 1.54) is 0 Å². The molecule has 0 saturated heterocycles. The van der Waals surface area contributed by atoms with Crippen LogP contribution >= 0.6 is 0 Å². The van der Waals surface area contributed by atoms with Crippen LogP contribution in [-0.2, 0) is 19.7 Å². The van der Waals surface area contributed by atoms with Crippen LogP contribution < -0.4 is 16.4 Å². The van der Waals surface area contributed by atoms with Crippen LogP contribution in [-0.4, -0.2) is 36.5 Å². The lowest BCUT2D eigenvalue weighted by atomic mass is 9.86. The van der Waals surface area contributed by atoms with E-state index in [1.54, 1.807) is 31.3 Å². The molecule has 1 atom stereocenters. The van der Waals surface area contributed by atoms with Crippen LogP contribution in [0.4, 0.5) is 4.79 Å². The topological polar surface area (TPSA) is 128 Å². The van der Waals surface area contributed by atoms with Gasteiger partial charge in [-0.05, 0) is 29.0 Å². The van der Waals surface area contributed by atoms with E-state index >= 15 is 0 Å². The van der Waals surface area contributed by atoms with E-state index in [0.29, 0.717) is 5.56 Å². The first-order chi connectivity index (χ1) is 12.4. The van der Waals surface area contributed by atoms with Crippen molar-refractivity contribution in [1.29, 1.82) is 0 Å². The minimum atomic E-state index is -1.04. The lowest BCUT2D eigenvalue weighted by Gasteiger charge is -2.21. The number of amides is 4. The molecule has 0 saturated carbocycles. The fourth-order valence-corrected chi connectivity index (χ4v) is 2.24. The monoisotopic (exact) mass is 377 g/mol. The van der Waals surface area contributed by atoms with Crippen molar-refractivity contribution in [3.63, 3.8) is 0 Å². The zero-order valence-electron chi connectivity index (χ0n) is 16.3. The molecule has 27 heavy (non-hydrogen) atoms. The maximum atomic E-state index is 12.4. The molecule has 0 radical (unpaired) electrons. The molecule has 1 aromatic carbocycles. The Morgan fingerprint density at radius 3 is 2.07 bits per heavy atom. The molecule has 0 aliphatic rings. The van der Waals surface area contributed by atoms with Crippen molar-refractivity contribution in [1.82, 2.24) is 10.6 Å². The molecule has 1 aromatic rings. The number of ether oxygens (including phenoxy) is 1. The van der Waals surface area contributed by atoms with E-state index in [0.717, 1.165) is 5.56 Å². The van der Waals surface area contributed by atoms with Gasteiger partial charge in [0.25, 0.3) is 11.8 Å². The van der Waals surface area contributed by atoms with Gasteiger partial charge in [-0.2, -0.15) is 0 Å². The number of carbonyl (C=O) groups excluding carboxylic acids is 4. The van der Waals surface area contributed by atoms with Crippen LogP contribution in [0.15, 0.2) is 24.3 Å². The zero-order valence-corrected chi connectivity index (χ0v) is 16.3. The Bertz CT molecular complexity index is 705. The van der Waals surface area contributed by atoms with Gasteiger partial charge in [0.15, 0.2) is 6.61 Å². The minimum Gasteiger partial charge on any atom is -0.454 e. The predicted molar refractivity (Wildman–Crippen MR) is 99.9 cm³/mol. The van der Waals surface area contributed by atoms with Gasteiger partial charge in [0.05, 0.1) is 0 Å². The van der Waals surface area contributed by atoms with Crippen molar-refractivity contribution in [3.05, 3.63) is 35.4 Å². The summed E-state index contributed by atoms with van der Waals surface area (Å²) >= 11 is 0. The third-order valence-electron chi connectivity index (χ3n) is 3.83. The van der Waals surface area contributed by atoms with Gasteiger partial charge in [-0.1, -0.05) is 46.8 Å². The summed E-state index contributed by atoms with van der Waals surface area (Å²) in [6, 6.07) is 5.14. The number of nitrogens with one attached hydrogen (secondary N) is 2. The number of hydrogen-bond donors (Lipinski definition) is 3. The number of benzene rings is 1. The summed E-state index contributed by atoms with van der Waals surface area (Å²) < 4.78 is 4.86. The van der Waals surface area contributed by atoms with Gasteiger partial charge in [-0.15, -0.1) is 0 Å². The molecule has 0 aromatic heterocycles. The van der Waals surface area contributed by atoms with Crippen molar-refractivity contribution in [3.8, 4) is 0 Å². The van der Waals surface area contributed by atoms with Gasteiger partial charge in [-0.25, -0.2) is 9.59 Å². The average molecular weight is 377 g/mol. The molecular formula is C19H27N3O5. The maximum Gasteiger partial charge on any atom is 0.329 e. The van der Waals surface area contributed by atoms with Crippen molar-refractivity contribution in [2.45, 2.75) is 46.1 Å². The first kappa shape index (κ1) is 22.1. The van der Waals surface area contributed by atoms with Gasteiger partial charge in [0.2, 0.25) is 0 Å². The Morgan fingerprint density at radius 2 is 1.63 bits per heavy atom. The molecule has 0 fully saturated rings. The lowest BCUT2D eigenvalue weighted by Crippen LogP contribution is -2.46. The number of nitrogens with two attached hydrogens (primary N) is 1. The Balaban J connectivity index is 2.75. The second kappa shape index (κ2) is 9.16. The summed E-state index contributed by atoms with van der Waals surface area (Å²) in [5, 5.41) is 4.40. The summed E-state index contributed by atoms with van der Waals surface area (Å²) in [7, 11) is 0. The summed E-state index contributed by atoms with van der Waals surface area (Å²) in [5.41, 5.74) is 6.26. The van der Waals surface area contributed by atoms with Gasteiger partial charge >= 0.3 is 12.0 Å². The largest absolute Gasteiger partial charge is 0.454 e. The highest BCUT2D eigenvalue weighted by molar-refractivity contribution is 5.98. The first-order valence-electron chi connectivity index (χ1n) is 8.59. The van der Waals surface area contributed by atoms with E-state index in [9.17, 15) is 19.2 Å². The number of esters is 1. The van der Waals surface area contributed by atoms with Crippen LogP contribution in [0.2, 0.25) is 0 Å². The number of carbonyl (C=O) groups is 4. The van der Waals surface area contributed by atoms with Crippen LogP contribution in [0.1, 0.15) is 50.5 Å². The molecule has 0 heterocycles.